The van der Waals surface area contributed by atoms with E-state index in [0.717, 1.165) is 0 Å². The highest BCUT2D eigenvalue weighted by Crippen LogP contribution is 1.83. The Hall–Kier alpha value is -1.41. The summed E-state index contributed by atoms with van der Waals surface area (Å²) in [6.45, 7) is 5.66. The lowest BCUT2D eigenvalue weighted by Crippen LogP contribution is -2.26. The van der Waals surface area contributed by atoms with E-state index in [1.807, 2.05) is 0 Å². The fourth-order valence-corrected chi connectivity index (χ4v) is 0.422. The molecule has 0 aromatic carbocycles. The van der Waals surface area contributed by atoms with Crippen LogP contribution in [-0.4, -0.2) is 25.1 Å². The van der Waals surface area contributed by atoms with Crippen molar-refractivity contribution in [2.75, 3.05) is 13.1 Å². The van der Waals surface area contributed by atoms with Gasteiger partial charge in [0.15, 0.2) is 0 Å². The van der Waals surface area contributed by atoms with Gasteiger partial charge in [0.05, 0.1) is 6.54 Å². The molecule has 0 aliphatic carbocycles. The van der Waals surface area contributed by atoms with Crippen molar-refractivity contribution in [3.63, 3.8) is 0 Å². The molecule has 1 amide bonds. The molecule has 0 aromatic heterocycles. The monoisotopic (exact) mass is 154 g/mol. The van der Waals surface area contributed by atoms with Crippen LogP contribution in [0.25, 0.3) is 0 Å². The van der Waals surface area contributed by atoms with Gasteiger partial charge in [0.2, 0.25) is 12.0 Å². The summed E-state index contributed by atoms with van der Waals surface area (Å²) >= 11 is 0. The minimum atomic E-state index is -0.217. The molecule has 0 bridgehead atoms. The lowest BCUT2D eigenvalue weighted by Gasteiger charge is -1.99. The van der Waals surface area contributed by atoms with Crippen LogP contribution in [0.15, 0.2) is 17.1 Å². The zero-order valence-electron chi connectivity index (χ0n) is 6.39. The fourth-order valence-electron chi connectivity index (χ4n) is 0.422. The van der Waals surface area contributed by atoms with Crippen LogP contribution >= 0.6 is 0 Å². The minimum absolute atomic E-state index is 0.217. The Morgan fingerprint density at radius 1 is 1.73 bits per heavy atom. The van der Waals surface area contributed by atoms with Crippen LogP contribution in [0.3, 0.4) is 0 Å². The Kier molecular flexibility index (Phi) is 4.69. The maximum Gasteiger partial charge on any atom is 0.246 e. The molecule has 0 heterocycles. The average molecular weight is 154 g/mol. The highest BCUT2D eigenvalue weighted by molar-refractivity contribution is 5.92. The molecule has 0 aliphatic heterocycles. The van der Waals surface area contributed by atoms with Gasteiger partial charge in [-0.05, 0) is 6.92 Å². The van der Waals surface area contributed by atoms with Crippen LogP contribution in [0, 0.1) is 0 Å². The van der Waals surface area contributed by atoms with Gasteiger partial charge in [-0.15, -0.1) is 0 Å². The van der Waals surface area contributed by atoms with E-state index in [1.54, 1.807) is 6.92 Å². The molecule has 11 heavy (non-hydrogen) atoms. The highest BCUT2D eigenvalue weighted by atomic mass is 16.1. The number of hydrogen-bond acceptors (Lipinski definition) is 3. The topological polar surface area (TPSA) is 58.5 Å². The summed E-state index contributed by atoms with van der Waals surface area (Å²) in [5.74, 6) is -0.217. The van der Waals surface area contributed by atoms with Gasteiger partial charge in [-0.3, -0.25) is 4.79 Å². The first-order chi connectivity index (χ1) is 5.18. The molecule has 4 nitrogen and oxygen atoms in total. The lowest BCUT2D eigenvalue weighted by molar-refractivity contribution is -0.117. The zero-order chi connectivity index (χ0) is 8.69. The number of aliphatic imine (C=N–C) groups is 1. The summed E-state index contributed by atoms with van der Waals surface area (Å²) in [4.78, 5) is 23.6. The molecule has 0 aromatic rings. The summed E-state index contributed by atoms with van der Waals surface area (Å²) in [5, 5.41) is 2.51. The second-order valence-electron chi connectivity index (χ2n) is 2.01. The molecule has 1 N–H and O–H groups in total. The molecule has 60 valence electrons. The van der Waals surface area contributed by atoms with Crippen molar-refractivity contribution in [2.45, 2.75) is 6.92 Å². The van der Waals surface area contributed by atoms with Gasteiger partial charge in [-0.25, -0.2) is 9.79 Å². The number of carbonyl (C=O) groups excluding carboxylic acids is 2. The summed E-state index contributed by atoms with van der Waals surface area (Å²) in [6, 6.07) is 0. The summed E-state index contributed by atoms with van der Waals surface area (Å²) < 4.78 is 0. The van der Waals surface area contributed by atoms with E-state index in [9.17, 15) is 9.59 Å². The molecule has 0 saturated carbocycles. The molecule has 4 heteroatoms. The van der Waals surface area contributed by atoms with Crippen molar-refractivity contribution in [3.05, 3.63) is 12.2 Å². The summed E-state index contributed by atoms with van der Waals surface area (Å²) in [5.41, 5.74) is 0.445. The predicted molar refractivity (Wildman–Crippen MR) is 40.8 cm³/mol. The maximum absolute atomic E-state index is 10.8. The van der Waals surface area contributed by atoms with E-state index in [0.29, 0.717) is 12.1 Å². The van der Waals surface area contributed by atoms with E-state index in [-0.39, 0.29) is 12.5 Å². The molecule has 0 radical (unpaired) electrons. The molecule has 0 aliphatic rings. The number of hydrogen-bond donors (Lipinski definition) is 1. The molecular weight excluding hydrogens is 144 g/mol. The van der Waals surface area contributed by atoms with Crippen molar-refractivity contribution in [2.24, 2.45) is 4.99 Å². The first-order valence-electron chi connectivity index (χ1n) is 3.16. The number of amides is 1. The molecule has 0 spiro atoms. The van der Waals surface area contributed by atoms with Crippen molar-refractivity contribution in [3.8, 4) is 0 Å². The third kappa shape index (κ3) is 5.06. The normalized spacial score (nSPS) is 8.09. The van der Waals surface area contributed by atoms with Gasteiger partial charge >= 0.3 is 0 Å². The molecule has 0 fully saturated rings. The van der Waals surface area contributed by atoms with Crippen LogP contribution < -0.4 is 5.32 Å². The van der Waals surface area contributed by atoms with Crippen LogP contribution in [0.1, 0.15) is 6.92 Å². The Morgan fingerprint density at radius 3 is 2.82 bits per heavy atom. The SMILES string of the molecule is C=C(C)C(=O)NCCN=C=O. The minimum Gasteiger partial charge on any atom is -0.350 e. The number of nitrogens with one attached hydrogen (secondary N) is 1. The molecular formula is C7H10N2O2. The Morgan fingerprint density at radius 2 is 2.36 bits per heavy atom. The van der Waals surface area contributed by atoms with Crippen LogP contribution in [0.5, 0.6) is 0 Å². The average Bonchev–Trinajstić information content (AvgIpc) is 1.97. The second kappa shape index (κ2) is 5.38. The van der Waals surface area contributed by atoms with Gasteiger partial charge in [0.25, 0.3) is 0 Å². The smallest absolute Gasteiger partial charge is 0.246 e. The third-order valence-corrected chi connectivity index (χ3v) is 0.961. The highest BCUT2D eigenvalue weighted by Gasteiger charge is 1.97. The van der Waals surface area contributed by atoms with Crippen molar-refractivity contribution >= 4 is 12.0 Å². The maximum atomic E-state index is 10.8. The summed E-state index contributed by atoms with van der Waals surface area (Å²) in [7, 11) is 0. The Balaban J connectivity index is 3.47. The largest absolute Gasteiger partial charge is 0.350 e. The summed E-state index contributed by atoms with van der Waals surface area (Å²) in [6.07, 6.45) is 1.37. The Bertz CT molecular complexity index is 204. The van der Waals surface area contributed by atoms with Crippen molar-refractivity contribution < 1.29 is 9.59 Å². The predicted octanol–water partition coefficient (Wildman–Crippen LogP) is 0.0145. The van der Waals surface area contributed by atoms with Crippen LogP contribution in [-0.2, 0) is 9.59 Å². The van der Waals surface area contributed by atoms with Gasteiger partial charge < -0.3 is 5.32 Å². The van der Waals surface area contributed by atoms with E-state index < -0.39 is 0 Å². The molecule has 0 atom stereocenters. The standard InChI is InChI=1S/C7H10N2O2/c1-6(2)7(11)9-4-3-8-5-10/h1,3-4H2,2H3,(H,9,11). The first kappa shape index (κ1) is 9.59. The van der Waals surface area contributed by atoms with E-state index in [2.05, 4.69) is 16.9 Å². The fraction of sp³-hybridized carbons (Fsp3) is 0.429. The zero-order valence-corrected chi connectivity index (χ0v) is 6.39. The van der Waals surface area contributed by atoms with Crippen LogP contribution in [0.4, 0.5) is 0 Å². The van der Waals surface area contributed by atoms with Crippen molar-refractivity contribution in [1.82, 2.24) is 5.32 Å². The second-order valence-corrected chi connectivity index (χ2v) is 2.01. The number of nitrogens with zero attached hydrogens (tertiary/aromatic N) is 1. The number of rotatable bonds is 4. The quantitative estimate of drug-likeness (QED) is 0.268. The van der Waals surface area contributed by atoms with Gasteiger partial charge in [0.1, 0.15) is 0 Å². The Labute approximate surface area is 65.0 Å². The molecule has 0 saturated heterocycles. The lowest BCUT2D eigenvalue weighted by atomic mass is 10.3. The van der Waals surface area contributed by atoms with Gasteiger partial charge in [-0.2, -0.15) is 0 Å². The van der Waals surface area contributed by atoms with Gasteiger partial charge in [0, 0.05) is 12.1 Å². The number of isocyanates is 1. The molecule has 0 unspecified atom stereocenters. The van der Waals surface area contributed by atoms with Crippen molar-refractivity contribution in [1.29, 1.82) is 0 Å². The third-order valence-electron chi connectivity index (χ3n) is 0.961. The van der Waals surface area contributed by atoms with E-state index >= 15 is 0 Å². The van der Waals surface area contributed by atoms with Crippen LogP contribution in [0.2, 0.25) is 0 Å². The van der Waals surface area contributed by atoms with E-state index in [1.165, 1.54) is 6.08 Å². The molecule has 0 rings (SSSR count). The first-order valence-corrected chi connectivity index (χ1v) is 3.16. The van der Waals surface area contributed by atoms with E-state index in [4.69, 9.17) is 0 Å². The number of carbonyl (C=O) groups is 1. The van der Waals surface area contributed by atoms with Gasteiger partial charge in [-0.1, -0.05) is 6.58 Å².